The second-order valence-corrected chi connectivity index (χ2v) is 7.92. The van der Waals surface area contributed by atoms with Gasteiger partial charge in [0.05, 0.1) is 5.69 Å². The van der Waals surface area contributed by atoms with E-state index >= 15 is 0 Å². The third kappa shape index (κ3) is 3.00. The Labute approximate surface area is 148 Å². The van der Waals surface area contributed by atoms with E-state index in [0.717, 1.165) is 36.5 Å². The Kier molecular flexibility index (Phi) is 4.38. The number of aryl methyl sites for hydroxylation is 1. The van der Waals surface area contributed by atoms with E-state index < -0.39 is 0 Å². The van der Waals surface area contributed by atoms with Gasteiger partial charge in [-0.05, 0) is 62.7 Å². The van der Waals surface area contributed by atoms with Gasteiger partial charge in [0.1, 0.15) is 5.65 Å². The molecular formula is C20H28N4O. The Balaban J connectivity index is 1.63. The maximum Gasteiger partial charge on any atom is 0.258 e. The fourth-order valence-electron chi connectivity index (χ4n) is 4.73. The van der Waals surface area contributed by atoms with E-state index in [1.807, 2.05) is 25.3 Å². The van der Waals surface area contributed by atoms with E-state index in [9.17, 15) is 4.79 Å². The van der Waals surface area contributed by atoms with Crippen molar-refractivity contribution in [3.8, 4) is 0 Å². The molecule has 5 heteroatoms. The van der Waals surface area contributed by atoms with Crippen molar-refractivity contribution in [1.29, 1.82) is 0 Å². The Morgan fingerprint density at radius 3 is 2.84 bits per heavy atom. The van der Waals surface area contributed by atoms with Crippen LogP contribution in [-0.4, -0.2) is 33.4 Å². The molecule has 0 aromatic carbocycles. The molecule has 25 heavy (non-hydrogen) atoms. The van der Waals surface area contributed by atoms with Gasteiger partial charge in [-0.1, -0.05) is 18.9 Å². The fourth-order valence-corrected chi connectivity index (χ4v) is 4.73. The number of aromatic nitrogens is 2. The lowest BCUT2D eigenvalue weighted by Gasteiger charge is -2.53. The van der Waals surface area contributed by atoms with Gasteiger partial charge in [0.2, 0.25) is 0 Å². The summed E-state index contributed by atoms with van der Waals surface area (Å²) in [6.45, 7) is 4.61. The number of fused-ring (bicyclic) bond motifs is 1. The number of pyridine rings is 1. The van der Waals surface area contributed by atoms with Gasteiger partial charge >= 0.3 is 0 Å². The summed E-state index contributed by atoms with van der Waals surface area (Å²) >= 11 is 0. The van der Waals surface area contributed by atoms with Crippen LogP contribution in [0.1, 0.15) is 49.8 Å². The summed E-state index contributed by atoms with van der Waals surface area (Å²) < 4.78 is 1.64. The number of nitrogens with two attached hydrogens (primary N) is 1. The van der Waals surface area contributed by atoms with Crippen LogP contribution in [0.15, 0.2) is 29.2 Å². The molecule has 0 amide bonds. The first-order valence-electron chi connectivity index (χ1n) is 9.54. The summed E-state index contributed by atoms with van der Waals surface area (Å²) in [7, 11) is 0. The highest BCUT2D eigenvalue weighted by Gasteiger charge is 2.46. The average Bonchev–Trinajstić information content (AvgIpc) is 2.57. The van der Waals surface area contributed by atoms with Crippen LogP contribution >= 0.6 is 0 Å². The standard InChI is InChI=1S/C20H28N4O/c1-15-6-7-18-22-16(11-19(25)24(18)12-15)13-23-10-3-2-5-17(23)20(14-21)8-4-9-20/h6-7,11-12,17H,2-5,8-10,13-14,21H2,1H3. The Morgan fingerprint density at radius 2 is 2.12 bits per heavy atom. The van der Waals surface area contributed by atoms with Crippen LogP contribution < -0.4 is 11.3 Å². The summed E-state index contributed by atoms with van der Waals surface area (Å²) in [6, 6.07) is 6.18. The maximum absolute atomic E-state index is 12.5. The van der Waals surface area contributed by atoms with Crippen molar-refractivity contribution in [2.75, 3.05) is 13.1 Å². The number of hydrogen-bond donors (Lipinski definition) is 1. The lowest BCUT2D eigenvalue weighted by Crippen LogP contribution is -2.56. The molecule has 1 aliphatic heterocycles. The Hall–Kier alpha value is -1.72. The molecule has 3 heterocycles. The minimum atomic E-state index is 0.00874. The van der Waals surface area contributed by atoms with Gasteiger partial charge in [-0.15, -0.1) is 0 Å². The number of nitrogens with zero attached hydrogens (tertiary/aromatic N) is 3. The number of hydrogen-bond acceptors (Lipinski definition) is 4. The molecule has 1 atom stereocenters. The molecule has 2 aromatic heterocycles. The van der Waals surface area contributed by atoms with Gasteiger partial charge in [0, 0.05) is 24.8 Å². The van der Waals surface area contributed by atoms with Crippen molar-refractivity contribution in [3.05, 3.63) is 46.0 Å². The molecule has 1 saturated heterocycles. The highest BCUT2D eigenvalue weighted by Crippen LogP contribution is 2.47. The maximum atomic E-state index is 12.5. The average molecular weight is 340 g/mol. The second-order valence-electron chi connectivity index (χ2n) is 7.92. The van der Waals surface area contributed by atoms with Crippen LogP contribution in [-0.2, 0) is 6.54 Å². The summed E-state index contributed by atoms with van der Waals surface area (Å²) in [6.07, 6.45) is 9.39. The summed E-state index contributed by atoms with van der Waals surface area (Å²) in [4.78, 5) is 19.8. The van der Waals surface area contributed by atoms with Crippen molar-refractivity contribution in [2.24, 2.45) is 11.1 Å². The van der Waals surface area contributed by atoms with E-state index in [0.29, 0.717) is 11.5 Å². The van der Waals surface area contributed by atoms with Gasteiger partial charge in [-0.25, -0.2) is 4.98 Å². The van der Waals surface area contributed by atoms with Gasteiger partial charge in [-0.3, -0.25) is 14.1 Å². The van der Waals surface area contributed by atoms with E-state index in [2.05, 4.69) is 4.90 Å². The van der Waals surface area contributed by atoms with Gasteiger partial charge in [-0.2, -0.15) is 0 Å². The number of likely N-dealkylation sites (tertiary alicyclic amines) is 1. The van der Waals surface area contributed by atoms with Crippen molar-refractivity contribution in [1.82, 2.24) is 14.3 Å². The van der Waals surface area contributed by atoms with Gasteiger partial charge in [0.15, 0.2) is 0 Å². The summed E-state index contributed by atoms with van der Waals surface area (Å²) in [5, 5.41) is 0. The second kappa shape index (κ2) is 6.54. The Bertz CT molecular complexity index is 819. The number of rotatable bonds is 4. The van der Waals surface area contributed by atoms with E-state index in [1.54, 1.807) is 10.5 Å². The fraction of sp³-hybridized carbons (Fsp3) is 0.600. The van der Waals surface area contributed by atoms with Crippen LogP contribution in [0.25, 0.3) is 5.65 Å². The molecule has 134 valence electrons. The lowest BCUT2D eigenvalue weighted by atomic mass is 9.62. The molecule has 1 unspecified atom stereocenters. The molecule has 0 radical (unpaired) electrons. The topological polar surface area (TPSA) is 63.6 Å². The smallest absolute Gasteiger partial charge is 0.258 e. The Morgan fingerprint density at radius 1 is 1.28 bits per heavy atom. The van der Waals surface area contributed by atoms with E-state index in [4.69, 9.17) is 10.7 Å². The zero-order valence-corrected chi connectivity index (χ0v) is 15.1. The zero-order chi connectivity index (χ0) is 17.4. The predicted octanol–water partition coefficient (Wildman–Crippen LogP) is 2.49. The minimum Gasteiger partial charge on any atom is -0.330 e. The monoisotopic (exact) mass is 340 g/mol. The SMILES string of the molecule is Cc1ccc2nc(CN3CCCCC3C3(CN)CCC3)cc(=O)n2c1. The van der Waals surface area contributed by atoms with Crippen molar-refractivity contribution in [3.63, 3.8) is 0 Å². The summed E-state index contributed by atoms with van der Waals surface area (Å²) in [5.74, 6) is 0. The largest absolute Gasteiger partial charge is 0.330 e. The molecule has 2 aromatic rings. The summed E-state index contributed by atoms with van der Waals surface area (Å²) in [5.41, 5.74) is 9.16. The zero-order valence-electron chi connectivity index (χ0n) is 15.1. The van der Waals surface area contributed by atoms with Crippen LogP contribution in [0.5, 0.6) is 0 Å². The molecule has 5 nitrogen and oxygen atoms in total. The first-order chi connectivity index (χ1) is 12.1. The van der Waals surface area contributed by atoms with E-state index in [-0.39, 0.29) is 5.56 Å². The van der Waals surface area contributed by atoms with Crippen molar-refractivity contribution < 1.29 is 0 Å². The third-order valence-electron chi connectivity index (χ3n) is 6.30. The molecule has 2 fully saturated rings. The first kappa shape index (κ1) is 16.7. The number of piperidine rings is 1. The third-order valence-corrected chi connectivity index (χ3v) is 6.30. The minimum absolute atomic E-state index is 0.00874. The van der Waals surface area contributed by atoms with Crippen LogP contribution in [0.2, 0.25) is 0 Å². The molecule has 2 N–H and O–H groups in total. The molecule has 0 bridgehead atoms. The molecule has 2 aliphatic rings. The van der Waals surface area contributed by atoms with Gasteiger partial charge < -0.3 is 5.73 Å². The van der Waals surface area contributed by atoms with Crippen molar-refractivity contribution >= 4 is 5.65 Å². The lowest BCUT2D eigenvalue weighted by molar-refractivity contribution is -0.0211. The van der Waals surface area contributed by atoms with Crippen LogP contribution in [0.4, 0.5) is 0 Å². The highest BCUT2D eigenvalue weighted by atomic mass is 16.1. The molecular weight excluding hydrogens is 312 g/mol. The molecule has 0 spiro atoms. The predicted molar refractivity (Wildman–Crippen MR) is 99.6 cm³/mol. The molecule has 1 saturated carbocycles. The molecule has 1 aliphatic carbocycles. The normalized spacial score (nSPS) is 23.5. The quantitative estimate of drug-likeness (QED) is 0.929. The highest BCUT2D eigenvalue weighted by molar-refractivity contribution is 5.39. The first-order valence-corrected chi connectivity index (χ1v) is 9.54. The van der Waals surface area contributed by atoms with E-state index in [1.165, 1.54) is 38.5 Å². The molecule has 4 rings (SSSR count). The van der Waals surface area contributed by atoms with Crippen molar-refractivity contribution in [2.45, 2.75) is 58.0 Å². The van der Waals surface area contributed by atoms with Crippen LogP contribution in [0.3, 0.4) is 0 Å². The van der Waals surface area contributed by atoms with Crippen LogP contribution in [0, 0.1) is 12.3 Å². The van der Waals surface area contributed by atoms with Gasteiger partial charge in [0.25, 0.3) is 5.56 Å².